The van der Waals surface area contributed by atoms with Crippen molar-refractivity contribution in [1.29, 1.82) is 0 Å². The molecule has 0 N–H and O–H groups in total. The number of thiophene rings is 1. The largest absolute Gasteiger partial charge is 0.310 e. The first-order valence-corrected chi connectivity index (χ1v) is 19.3. The molecule has 54 heavy (non-hydrogen) atoms. The van der Waals surface area contributed by atoms with Gasteiger partial charge in [-0.1, -0.05) is 146 Å². The molecule has 0 aliphatic carbocycles. The lowest BCUT2D eigenvalue weighted by atomic mass is 9.94. The molecule has 10 aromatic carbocycles. The summed E-state index contributed by atoms with van der Waals surface area (Å²) < 4.78 is 2.62. The van der Waals surface area contributed by atoms with E-state index < -0.39 is 0 Å². The molecule has 0 aliphatic heterocycles. The molecule has 0 aliphatic rings. The average molecular weight is 704 g/mol. The third-order valence-corrected chi connectivity index (χ3v) is 12.2. The van der Waals surface area contributed by atoms with E-state index in [-0.39, 0.29) is 0 Å². The highest BCUT2D eigenvalue weighted by Crippen LogP contribution is 2.44. The molecule has 0 unspecified atom stereocenters. The van der Waals surface area contributed by atoms with Crippen molar-refractivity contribution in [3.05, 3.63) is 200 Å². The minimum atomic E-state index is 1.12. The minimum absolute atomic E-state index is 1.12. The van der Waals surface area contributed by atoms with Crippen molar-refractivity contribution in [3.63, 3.8) is 0 Å². The molecule has 0 fully saturated rings. The van der Waals surface area contributed by atoms with Crippen LogP contribution in [0.2, 0.25) is 0 Å². The fourth-order valence-electron chi connectivity index (χ4n) is 8.37. The van der Waals surface area contributed by atoms with E-state index in [9.17, 15) is 0 Å². The van der Waals surface area contributed by atoms with Gasteiger partial charge in [-0.2, -0.15) is 0 Å². The fourth-order valence-corrected chi connectivity index (χ4v) is 9.48. The second kappa shape index (κ2) is 12.4. The van der Waals surface area contributed by atoms with E-state index in [1.165, 1.54) is 85.5 Å². The molecular formula is C52H33NS. The molecule has 0 amide bonds. The third-order valence-electron chi connectivity index (χ3n) is 11.0. The van der Waals surface area contributed by atoms with Crippen LogP contribution in [0.5, 0.6) is 0 Å². The molecular weight excluding hydrogens is 671 g/mol. The van der Waals surface area contributed by atoms with Crippen LogP contribution in [-0.4, -0.2) is 0 Å². The summed E-state index contributed by atoms with van der Waals surface area (Å²) in [6.07, 6.45) is 0. The molecule has 0 atom stereocenters. The quantitative estimate of drug-likeness (QED) is 0.161. The Hall–Kier alpha value is -6.74. The van der Waals surface area contributed by atoms with Crippen LogP contribution in [0.3, 0.4) is 0 Å². The van der Waals surface area contributed by atoms with Crippen LogP contribution in [-0.2, 0) is 0 Å². The Balaban J connectivity index is 1.03. The smallest absolute Gasteiger partial charge is 0.0468 e. The summed E-state index contributed by atoms with van der Waals surface area (Å²) in [5.41, 5.74) is 8.21. The summed E-state index contributed by atoms with van der Waals surface area (Å²) in [4.78, 5) is 2.39. The van der Waals surface area contributed by atoms with Gasteiger partial charge in [-0.15, -0.1) is 11.3 Å². The molecule has 0 spiro atoms. The van der Waals surface area contributed by atoms with Crippen molar-refractivity contribution in [3.8, 4) is 22.3 Å². The molecule has 11 aromatic rings. The summed E-state index contributed by atoms with van der Waals surface area (Å²) >= 11 is 1.87. The summed E-state index contributed by atoms with van der Waals surface area (Å²) in [6.45, 7) is 0. The lowest BCUT2D eigenvalue weighted by Crippen LogP contribution is -2.09. The Labute approximate surface area is 317 Å². The van der Waals surface area contributed by atoms with Crippen LogP contribution in [0.1, 0.15) is 0 Å². The highest BCUT2D eigenvalue weighted by Gasteiger charge is 2.17. The van der Waals surface area contributed by atoms with Crippen LogP contribution in [0.4, 0.5) is 17.1 Å². The molecule has 1 aromatic heterocycles. The maximum Gasteiger partial charge on any atom is 0.0468 e. The Kier molecular flexibility index (Phi) is 7.11. The lowest BCUT2D eigenvalue weighted by molar-refractivity contribution is 1.29. The topological polar surface area (TPSA) is 3.24 Å². The average Bonchev–Trinajstić information content (AvgIpc) is 3.63. The van der Waals surface area contributed by atoms with Crippen LogP contribution in [0.25, 0.3) is 85.5 Å². The number of anilines is 3. The van der Waals surface area contributed by atoms with Crippen molar-refractivity contribution in [2.75, 3.05) is 4.90 Å². The van der Waals surface area contributed by atoms with Gasteiger partial charge in [-0.05, 0) is 120 Å². The number of benzene rings is 10. The molecule has 0 radical (unpaired) electrons. The third kappa shape index (κ3) is 5.07. The molecule has 0 bridgehead atoms. The standard InChI is InChI=1S/C52H33NS/c1-2-8-34(9-3-1)35-18-24-42(25-19-35)53(44-28-31-49-48(33-44)52-46-13-7-5-11-38(46)23-30-50(52)54-49)43-26-20-36(21-27-43)40-22-29-47-41(32-40)17-16-39-15-14-37-10-4-6-12-45(37)51(39)47/h1-33H. The molecule has 0 saturated heterocycles. The Bertz CT molecular complexity index is 3190. The molecule has 11 rings (SSSR count). The van der Waals surface area contributed by atoms with Gasteiger partial charge in [0.2, 0.25) is 0 Å². The van der Waals surface area contributed by atoms with Gasteiger partial charge in [0.25, 0.3) is 0 Å². The van der Waals surface area contributed by atoms with Gasteiger partial charge < -0.3 is 4.90 Å². The van der Waals surface area contributed by atoms with E-state index in [2.05, 4.69) is 205 Å². The van der Waals surface area contributed by atoms with E-state index in [4.69, 9.17) is 0 Å². The molecule has 1 heterocycles. The predicted molar refractivity (Wildman–Crippen MR) is 235 cm³/mol. The summed E-state index contributed by atoms with van der Waals surface area (Å²) in [6, 6.07) is 73.5. The predicted octanol–water partition coefficient (Wildman–Crippen LogP) is 15.5. The second-order valence-corrected chi connectivity index (χ2v) is 15.2. The number of rotatable bonds is 5. The van der Waals surface area contributed by atoms with E-state index in [1.54, 1.807) is 0 Å². The van der Waals surface area contributed by atoms with Gasteiger partial charge in [0.15, 0.2) is 0 Å². The number of nitrogens with zero attached hydrogens (tertiary/aromatic N) is 1. The zero-order chi connectivity index (χ0) is 35.6. The van der Waals surface area contributed by atoms with E-state index in [1.807, 2.05) is 11.3 Å². The maximum absolute atomic E-state index is 2.39. The van der Waals surface area contributed by atoms with Crippen LogP contribution < -0.4 is 4.90 Å². The monoisotopic (exact) mass is 703 g/mol. The first-order valence-electron chi connectivity index (χ1n) is 18.5. The lowest BCUT2D eigenvalue weighted by Gasteiger charge is -2.26. The van der Waals surface area contributed by atoms with Crippen LogP contribution in [0, 0.1) is 0 Å². The SMILES string of the molecule is c1ccc(-c2ccc(N(c3ccc(-c4ccc5c(ccc6ccc7ccccc7c65)c4)cc3)c3ccc4sc5ccc6ccccc6c5c4c3)cc2)cc1. The highest BCUT2D eigenvalue weighted by molar-refractivity contribution is 7.26. The van der Waals surface area contributed by atoms with Crippen molar-refractivity contribution in [1.82, 2.24) is 0 Å². The molecule has 2 heteroatoms. The molecule has 0 saturated carbocycles. The van der Waals surface area contributed by atoms with E-state index >= 15 is 0 Å². The van der Waals surface area contributed by atoms with Crippen molar-refractivity contribution in [2.45, 2.75) is 0 Å². The van der Waals surface area contributed by atoms with Crippen molar-refractivity contribution < 1.29 is 0 Å². The van der Waals surface area contributed by atoms with Gasteiger partial charge in [0.1, 0.15) is 0 Å². The molecule has 1 nitrogen and oxygen atoms in total. The zero-order valence-corrected chi connectivity index (χ0v) is 30.2. The van der Waals surface area contributed by atoms with Crippen LogP contribution in [0.15, 0.2) is 200 Å². The van der Waals surface area contributed by atoms with Gasteiger partial charge in [-0.25, -0.2) is 0 Å². The summed E-state index contributed by atoms with van der Waals surface area (Å²) in [7, 11) is 0. The van der Waals surface area contributed by atoms with E-state index in [0.717, 1.165) is 17.1 Å². The number of hydrogen-bond donors (Lipinski definition) is 0. The van der Waals surface area contributed by atoms with Gasteiger partial charge in [0.05, 0.1) is 0 Å². The first kappa shape index (κ1) is 30.8. The number of fused-ring (bicyclic) bond motifs is 10. The highest BCUT2D eigenvalue weighted by atomic mass is 32.1. The minimum Gasteiger partial charge on any atom is -0.310 e. The van der Waals surface area contributed by atoms with E-state index in [0.29, 0.717) is 0 Å². The van der Waals surface area contributed by atoms with Gasteiger partial charge in [-0.3, -0.25) is 0 Å². The molecule has 252 valence electrons. The fraction of sp³-hybridized carbons (Fsp3) is 0. The van der Waals surface area contributed by atoms with Gasteiger partial charge >= 0.3 is 0 Å². The van der Waals surface area contributed by atoms with Crippen molar-refractivity contribution >= 4 is 91.7 Å². The zero-order valence-electron chi connectivity index (χ0n) is 29.4. The van der Waals surface area contributed by atoms with Crippen molar-refractivity contribution in [2.24, 2.45) is 0 Å². The Morgan fingerprint density at radius 1 is 0.278 bits per heavy atom. The maximum atomic E-state index is 2.39. The normalized spacial score (nSPS) is 11.7. The Morgan fingerprint density at radius 3 is 1.50 bits per heavy atom. The number of hydrogen-bond acceptors (Lipinski definition) is 2. The van der Waals surface area contributed by atoms with Gasteiger partial charge in [0, 0.05) is 37.2 Å². The second-order valence-electron chi connectivity index (χ2n) is 14.1. The summed E-state index contributed by atoms with van der Waals surface area (Å²) in [5, 5.41) is 12.9. The van der Waals surface area contributed by atoms with Crippen LogP contribution >= 0.6 is 11.3 Å². The summed E-state index contributed by atoms with van der Waals surface area (Å²) in [5.74, 6) is 0. The Morgan fingerprint density at radius 2 is 0.778 bits per heavy atom. The first-order chi connectivity index (χ1) is 26.7.